The van der Waals surface area contributed by atoms with E-state index in [2.05, 4.69) is 10.6 Å². The molecule has 2 atom stereocenters. The smallest absolute Gasteiger partial charge is 0.235 e. The Morgan fingerprint density at radius 2 is 1.79 bits per heavy atom. The standard InChI is InChI=1S/C17H18Cl2N2O2S/c1-11(14-7-8-15(19)24-14)20-16(22)9-13(21-17(23)10-18)12-5-3-2-4-6-12/h2-8,11,13H,9-10H2,1H3,(H,20,22)(H,21,23). The average Bonchev–Trinajstić information content (AvgIpc) is 3.01. The Bertz CT molecular complexity index is 691. The highest BCUT2D eigenvalue weighted by molar-refractivity contribution is 7.16. The summed E-state index contributed by atoms with van der Waals surface area (Å²) >= 11 is 12.9. The molecule has 0 fully saturated rings. The van der Waals surface area contributed by atoms with Crippen molar-refractivity contribution in [3.05, 3.63) is 57.2 Å². The molecule has 2 N–H and O–H groups in total. The van der Waals surface area contributed by atoms with E-state index in [-0.39, 0.29) is 30.2 Å². The molecule has 0 saturated carbocycles. The number of carbonyl (C=O) groups excluding carboxylic acids is 2. The lowest BCUT2D eigenvalue weighted by Crippen LogP contribution is -2.35. The number of thiophene rings is 1. The van der Waals surface area contributed by atoms with Crippen LogP contribution in [0.4, 0.5) is 0 Å². The van der Waals surface area contributed by atoms with Gasteiger partial charge >= 0.3 is 0 Å². The molecule has 7 heteroatoms. The quantitative estimate of drug-likeness (QED) is 0.706. The molecule has 2 unspecified atom stereocenters. The molecule has 0 radical (unpaired) electrons. The Balaban J connectivity index is 2.02. The van der Waals surface area contributed by atoms with E-state index >= 15 is 0 Å². The first kappa shape index (κ1) is 18.8. The summed E-state index contributed by atoms with van der Waals surface area (Å²) in [4.78, 5) is 25.0. The molecule has 2 amide bonds. The van der Waals surface area contributed by atoms with Gasteiger partial charge in [-0.1, -0.05) is 41.9 Å². The number of nitrogens with one attached hydrogen (secondary N) is 2. The van der Waals surface area contributed by atoms with Crippen molar-refractivity contribution in [3.63, 3.8) is 0 Å². The van der Waals surface area contributed by atoms with Gasteiger partial charge in [0.1, 0.15) is 5.88 Å². The molecule has 0 aliphatic heterocycles. The van der Waals surface area contributed by atoms with E-state index in [1.54, 1.807) is 6.07 Å². The van der Waals surface area contributed by atoms with Gasteiger partial charge in [0.15, 0.2) is 0 Å². The second-order valence-electron chi connectivity index (χ2n) is 5.30. The van der Waals surface area contributed by atoms with Gasteiger partial charge < -0.3 is 10.6 Å². The Morgan fingerprint density at radius 1 is 1.08 bits per heavy atom. The zero-order valence-electron chi connectivity index (χ0n) is 13.1. The SMILES string of the molecule is CC(NC(=O)CC(NC(=O)CCl)c1ccccc1)c1ccc(Cl)s1. The van der Waals surface area contributed by atoms with Crippen LogP contribution in [0.5, 0.6) is 0 Å². The van der Waals surface area contributed by atoms with Gasteiger partial charge in [-0.25, -0.2) is 0 Å². The van der Waals surface area contributed by atoms with Gasteiger partial charge in [-0.3, -0.25) is 9.59 Å². The maximum atomic E-state index is 12.4. The summed E-state index contributed by atoms with van der Waals surface area (Å²) in [5.41, 5.74) is 0.859. The third-order valence-corrected chi connectivity index (χ3v) is 5.10. The topological polar surface area (TPSA) is 58.2 Å². The number of rotatable bonds is 7. The molecule has 2 aromatic rings. The third kappa shape index (κ3) is 5.51. The first-order valence-corrected chi connectivity index (χ1v) is 9.17. The summed E-state index contributed by atoms with van der Waals surface area (Å²) in [6.07, 6.45) is 0.135. The molecule has 0 spiro atoms. The Kier molecular flexibility index (Phi) is 7.09. The highest BCUT2D eigenvalue weighted by atomic mass is 35.5. The van der Waals surface area contributed by atoms with E-state index in [1.807, 2.05) is 43.3 Å². The van der Waals surface area contributed by atoms with E-state index in [0.717, 1.165) is 10.4 Å². The zero-order chi connectivity index (χ0) is 17.5. The molecular weight excluding hydrogens is 367 g/mol. The lowest BCUT2D eigenvalue weighted by atomic mass is 10.0. The van der Waals surface area contributed by atoms with Gasteiger partial charge in [0, 0.05) is 4.88 Å². The Hall–Kier alpha value is -1.56. The maximum Gasteiger partial charge on any atom is 0.235 e. The molecule has 0 aliphatic rings. The van der Waals surface area contributed by atoms with Crippen molar-refractivity contribution in [3.8, 4) is 0 Å². The number of benzene rings is 1. The molecule has 1 heterocycles. The van der Waals surface area contributed by atoms with Crippen molar-refractivity contribution in [1.29, 1.82) is 0 Å². The molecular formula is C17H18Cl2N2O2S. The van der Waals surface area contributed by atoms with Crippen molar-refractivity contribution in [2.45, 2.75) is 25.4 Å². The van der Waals surface area contributed by atoms with Crippen LogP contribution in [0, 0.1) is 0 Å². The first-order valence-electron chi connectivity index (χ1n) is 7.44. The van der Waals surface area contributed by atoms with E-state index < -0.39 is 6.04 Å². The zero-order valence-corrected chi connectivity index (χ0v) is 15.4. The summed E-state index contributed by atoms with van der Waals surface area (Å²) in [5, 5.41) is 5.71. The summed E-state index contributed by atoms with van der Waals surface area (Å²) in [6, 6.07) is 12.5. The molecule has 0 aliphatic carbocycles. The molecule has 0 bridgehead atoms. The fourth-order valence-corrected chi connectivity index (χ4v) is 3.43. The van der Waals surface area contributed by atoms with Crippen LogP contribution in [-0.2, 0) is 9.59 Å². The van der Waals surface area contributed by atoms with Gasteiger partial charge in [-0.05, 0) is 24.6 Å². The fourth-order valence-electron chi connectivity index (χ4n) is 2.29. The summed E-state index contributed by atoms with van der Waals surface area (Å²) in [6.45, 7) is 1.90. The van der Waals surface area contributed by atoms with Gasteiger partial charge in [0.25, 0.3) is 0 Å². The minimum Gasteiger partial charge on any atom is -0.349 e. The highest BCUT2D eigenvalue weighted by Gasteiger charge is 2.20. The van der Waals surface area contributed by atoms with Gasteiger partial charge in [0.2, 0.25) is 11.8 Å². The normalized spacial score (nSPS) is 13.1. The van der Waals surface area contributed by atoms with Crippen molar-refractivity contribution >= 4 is 46.4 Å². The maximum absolute atomic E-state index is 12.4. The van der Waals surface area contributed by atoms with Gasteiger partial charge in [-0.15, -0.1) is 22.9 Å². The van der Waals surface area contributed by atoms with Crippen molar-refractivity contribution in [2.24, 2.45) is 0 Å². The van der Waals surface area contributed by atoms with Crippen LogP contribution in [0.1, 0.15) is 35.9 Å². The van der Waals surface area contributed by atoms with Crippen LogP contribution in [0.3, 0.4) is 0 Å². The molecule has 2 rings (SSSR count). The fraction of sp³-hybridized carbons (Fsp3) is 0.294. The van der Waals surface area contributed by atoms with Gasteiger partial charge in [0.05, 0.1) is 22.8 Å². The number of halogens is 2. The predicted octanol–water partition coefficient (Wildman–Crippen LogP) is 4.07. The van der Waals surface area contributed by atoms with Crippen LogP contribution in [0.15, 0.2) is 42.5 Å². The monoisotopic (exact) mass is 384 g/mol. The number of hydrogen-bond donors (Lipinski definition) is 2. The molecule has 1 aromatic carbocycles. The second-order valence-corrected chi connectivity index (χ2v) is 7.31. The molecule has 1 aromatic heterocycles. The van der Waals surface area contributed by atoms with Crippen LogP contribution in [0.25, 0.3) is 0 Å². The molecule has 128 valence electrons. The van der Waals surface area contributed by atoms with Crippen LogP contribution >= 0.6 is 34.5 Å². The average molecular weight is 385 g/mol. The number of carbonyl (C=O) groups is 2. The van der Waals surface area contributed by atoms with E-state index in [9.17, 15) is 9.59 Å². The molecule has 0 saturated heterocycles. The second kappa shape index (κ2) is 9.06. The Morgan fingerprint density at radius 3 is 2.38 bits per heavy atom. The van der Waals surface area contributed by atoms with Crippen molar-refractivity contribution in [1.82, 2.24) is 10.6 Å². The largest absolute Gasteiger partial charge is 0.349 e. The van der Waals surface area contributed by atoms with E-state index in [4.69, 9.17) is 23.2 Å². The van der Waals surface area contributed by atoms with Crippen molar-refractivity contribution in [2.75, 3.05) is 5.88 Å². The summed E-state index contributed by atoms with van der Waals surface area (Å²) < 4.78 is 0.683. The van der Waals surface area contributed by atoms with E-state index in [0.29, 0.717) is 4.34 Å². The number of alkyl halides is 1. The lowest BCUT2D eigenvalue weighted by molar-refractivity contribution is -0.123. The minimum atomic E-state index is -0.420. The van der Waals surface area contributed by atoms with Crippen molar-refractivity contribution < 1.29 is 9.59 Å². The molecule has 24 heavy (non-hydrogen) atoms. The van der Waals surface area contributed by atoms with Gasteiger partial charge in [-0.2, -0.15) is 0 Å². The first-order chi connectivity index (χ1) is 11.5. The Labute approximate surface area is 155 Å². The summed E-state index contributed by atoms with van der Waals surface area (Å²) in [5.74, 6) is -0.609. The predicted molar refractivity (Wildman–Crippen MR) is 98.5 cm³/mol. The number of amides is 2. The minimum absolute atomic E-state index is 0.135. The highest BCUT2D eigenvalue weighted by Crippen LogP contribution is 2.27. The number of hydrogen-bond acceptors (Lipinski definition) is 3. The summed E-state index contributed by atoms with van der Waals surface area (Å²) in [7, 11) is 0. The molecule has 4 nitrogen and oxygen atoms in total. The van der Waals surface area contributed by atoms with Crippen LogP contribution in [-0.4, -0.2) is 17.7 Å². The van der Waals surface area contributed by atoms with Crippen LogP contribution in [0.2, 0.25) is 4.34 Å². The lowest BCUT2D eigenvalue weighted by Gasteiger charge is -2.20. The van der Waals surface area contributed by atoms with E-state index in [1.165, 1.54) is 11.3 Å². The third-order valence-electron chi connectivity index (χ3n) is 3.45. The van der Waals surface area contributed by atoms with Crippen LogP contribution < -0.4 is 10.6 Å².